The molecule has 5 rings (SSSR count). The summed E-state index contributed by atoms with van der Waals surface area (Å²) in [4.78, 5) is 5.94. The zero-order valence-electron chi connectivity index (χ0n) is 15.5. The second-order valence-electron chi connectivity index (χ2n) is 7.94. The Hall–Kier alpha value is -1.76. The second kappa shape index (κ2) is 6.94. The van der Waals surface area contributed by atoms with Crippen molar-refractivity contribution < 1.29 is 8.78 Å². The molecule has 146 valence electrons. The van der Waals surface area contributed by atoms with Crippen LogP contribution in [0.3, 0.4) is 0 Å². The van der Waals surface area contributed by atoms with Gasteiger partial charge in [-0.15, -0.1) is 0 Å². The molecule has 1 saturated heterocycles. The first-order valence-corrected chi connectivity index (χ1v) is 10.6. The van der Waals surface area contributed by atoms with Crippen LogP contribution in [0.25, 0.3) is 10.9 Å². The number of hydrogen-bond donors (Lipinski definition) is 2. The van der Waals surface area contributed by atoms with E-state index in [1.54, 1.807) is 6.07 Å². The minimum atomic E-state index is -0.525. The van der Waals surface area contributed by atoms with Crippen LogP contribution in [0.5, 0.6) is 0 Å². The van der Waals surface area contributed by atoms with Crippen molar-refractivity contribution in [3.63, 3.8) is 0 Å². The van der Waals surface area contributed by atoms with Gasteiger partial charge in [0.25, 0.3) is 0 Å². The van der Waals surface area contributed by atoms with E-state index >= 15 is 0 Å². The summed E-state index contributed by atoms with van der Waals surface area (Å²) in [7, 11) is 0. The van der Waals surface area contributed by atoms with E-state index in [0.717, 1.165) is 49.4 Å². The van der Waals surface area contributed by atoms with Crippen molar-refractivity contribution >= 4 is 26.8 Å². The fourth-order valence-electron chi connectivity index (χ4n) is 4.81. The van der Waals surface area contributed by atoms with Crippen LogP contribution in [-0.4, -0.2) is 29.5 Å². The van der Waals surface area contributed by atoms with Crippen molar-refractivity contribution in [2.45, 2.75) is 31.3 Å². The number of nitrogens with zero attached hydrogens (tertiary/aromatic N) is 1. The maximum atomic E-state index is 14.0. The smallest absolute Gasteiger partial charge is 0.130 e. The molecule has 0 radical (unpaired) electrons. The monoisotopic (exact) mass is 445 g/mol. The molecule has 1 aromatic heterocycles. The Bertz CT molecular complexity index is 1040. The highest BCUT2D eigenvalue weighted by molar-refractivity contribution is 9.10. The predicted octanol–water partition coefficient (Wildman–Crippen LogP) is 4.85. The van der Waals surface area contributed by atoms with Crippen LogP contribution in [0.15, 0.2) is 40.9 Å². The lowest BCUT2D eigenvalue weighted by Crippen LogP contribution is -2.54. The van der Waals surface area contributed by atoms with E-state index in [4.69, 9.17) is 0 Å². The number of rotatable bonds is 2. The number of piperidine rings is 1. The third kappa shape index (κ3) is 3.08. The molecule has 3 aromatic rings. The van der Waals surface area contributed by atoms with E-state index in [9.17, 15) is 8.78 Å². The summed E-state index contributed by atoms with van der Waals surface area (Å²) >= 11 is 3.59. The molecule has 2 aliphatic rings. The van der Waals surface area contributed by atoms with Crippen molar-refractivity contribution in [3.8, 4) is 0 Å². The number of hydrogen-bond acceptors (Lipinski definition) is 2. The lowest BCUT2D eigenvalue weighted by atomic mass is 9.79. The van der Waals surface area contributed by atoms with Gasteiger partial charge in [0, 0.05) is 58.9 Å². The van der Waals surface area contributed by atoms with Crippen molar-refractivity contribution in [2.75, 3.05) is 19.6 Å². The fraction of sp³-hybridized carbons (Fsp3) is 0.364. The number of fused-ring (bicyclic) bond motifs is 4. The van der Waals surface area contributed by atoms with Crippen LogP contribution >= 0.6 is 15.9 Å². The first kappa shape index (κ1) is 18.3. The number of aromatic amines is 1. The Balaban J connectivity index is 1.38. The first-order chi connectivity index (χ1) is 13.5. The molecule has 0 bridgehead atoms. The average molecular weight is 446 g/mol. The number of aromatic nitrogens is 1. The van der Waals surface area contributed by atoms with Gasteiger partial charge in [0.05, 0.1) is 5.54 Å². The van der Waals surface area contributed by atoms with Gasteiger partial charge < -0.3 is 10.3 Å². The number of halogens is 3. The Morgan fingerprint density at radius 3 is 2.68 bits per heavy atom. The number of benzene rings is 2. The van der Waals surface area contributed by atoms with Gasteiger partial charge in [0.2, 0.25) is 0 Å². The van der Waals surface area contributed by atoms with E-state index in [1.807, 2.05) is 0 Å². The van der Waals surface area contributed by atoms with E-state index in [2.05, 4.69) is 49.3 Å². The van der Waals surface area contributed by atoms with E-state index in [1.165, 1.54) is 28.2 Å². The summed E-state index contributed by atoms with van der Waals surface area (Å²) in [6, 6.07) is 10.3. The Morgan fingerprint density at radius 2 is 1.89 bits per heavy atom. The Kier molecular flexibility index (Phi) is 4.53. The maximum absolute atomic E-state index is 14.0. The molecule has 0 aliphatic carbocycles. The van der Waals surface area contributed by atoms with Gasteiger partial charge in [0.1, 0.15) is 11.6 Å². The largest absolute Gasteiger partial charge is 0.357 e. The molecule has 0 atom stereocenters. The van der Waals surface area contributed by atoms with Crippen molar-refractivity contribution in [3.05, 3.63) is 69.3 Å². The van der Waals surface area contributed by atoms with Crippen LogP contribution < -0.4 is 5.32 Å². The maximum Gasteiger partial charge on any atom is 0.130 e. The molecule has 6 heteroatoms. The third-order valence-corrected chi connectivity index (χ3v) is 6.80. The van der Waals surface area contributed by atoms with E-state index < -0.39 is 11.6 Å². The summed E-state index contributed by atoms with van der Waals surface area (Å²) in [6.07, 6.45) is 2.96. The van der Waals surface area contributed by atoms with Gasteiger partial charge >= 0.3 is 0 Å². The van der Waals surface area contributed by atoms with E-state index in [-0.39, 0.29) is 5.54 Å². The Morgan fingerprint density at radius 1 is 1.07 bits per heavy atom. The molecule has 1 spiro atoms. The molecule has 28 heavy (non-hydrogen) atoms. The summed E-state index contributed by atoms with van der Waals surface area (Å²) in [5.74, 6) is -0.984. The zero-order chi connectivity index (χ0) is 19.3. The topological polar surface area (TPSA) is 31.1 Å². The molecule has 1 fully saturated rings. The molecule has 0 amide bonds. The third-order valence-electron chi connectivity index (χ3n) is 6.30. The van der Waals surface area contributed by atoms with Crippen LogP contribution in [0.2, 0.25) is 0 Å². The highest BCUT2D eigenvalue weighted by atomic mass is 79.9. The summed E-state index contributed by atoms with van der Waals surface area (Å²) in [5, 5.41) is 5.08. The quantitative estimate of drug-likeness (QED) is 0.590. The first-order valence-electron chi connectivity index (χ1n) is 9.76. The number of likely N-dealkylation sites (tertiary alicyclic amines) is 1. The van der Waals surface area contributed by atoms with Gasteiger partial charge in [-0.05, 0) is 49.1 Å². The molecular weight excluding hydrogens is 424 g/mol. The van der Waals surface area contributed by atoms with Gasteiger partial charge in [-0.1, -0.05) is 22.0 Å². The van der Waals surface area contributed by atoms with Crippen molar-refractivity contribution in [1.29, 1.82) is 0 Å². The SMILES string of the molecule is Fc1ccc(CN2CCC3(CC2)NCCc2c3[nH]c3ccc(Br)cc23)c(F)c1. The lowest BCUT2D eigenvalue weighted by molar-refractivity contribution is 0.120. The lowest BCUT2D eigenvalue weighted by Gasteiger charge is -2.45. The Labute approximate surface area is 171 Å². The van der Waals surface area contributed by atoms with Crippen LogP contribution in [-0.2, 0) is 18.5 Å². The predicted molar refractivity (Wildman–Crippen MR) is 110 cm³/mol. The van der Waals surface area contributed by atoms with Crippen molar-refractivity contribution in [1.82, 2.24) is 15.2 Å². The molecule has 0 saturated carbocycles. The zero-order valence-corrected chi connectivity index (χ0v) is 17.1. The minimum absolute atomic E-state index is 0.0447. The van der Waals surface area contributed by atoms with Gasteiger partial charge in [0.15, 0.2) is 0 Å². The molecular formula is C22H22BrF2N3. The van der Waals surface area contributed by atoms with Crippen LogP contribution in [0, 0.1) is 11.6 Å². The number of nitrogens with one attached hydrogen (secondary N) is 2. The van der Waals surface area contributed by atoms with Crippen molar-refractivity contribution in [2.24, 2.45) is 0 Å². The summed E-state index contributed by atoms with van der Waals surface area (Å²) < 4.78 is 28.3. The normalized spacial score (nSPS) is 19.2. The molecule has 3 nitrogen and oxygen atoms in total. The fourth-order valence-corrected chi connectivity index (χ4v) is 5.17. The standard InChI is InChI=1S/C22H22BrF2N3/c23-15-2-4-20-18(11-15)17-5-8-26-22(21(17)27-20)6-9-28(10-7-22)13-14-1-3-16(24)12-19(14)25/h1-4,11-12,26-27H,5-10,13H2. The molecule has 2 N–H and O–H groups in total. The average Bonchev–Trinajstić information content (AvgIpc) is 3.05. The second-order valence-corrected chi connectivity index (χ2v) is 8.85. The summed E-state index contributed by atoms with van der Waals surface area (Å²) in [6.45, 7) is 3.25. The van der Waals surface area contributed by atoms with Crippen LogP contribution in [0.1, 0.15) is 29.7 Å². The molecule has 0 unspecified atom stereocenters. The van der Waals surface area contributed by atoms with Gasteiger partial charge in [-0.25, -0.2) is 8.78 Å². The van der Waals surface area contributed by atoms with E-state index in [0.29, 0.717) is 12.1 Å². The minimum Gasteiger partial charge on any atom is -0.357 e. The number of H-pyrrole nitrogens is 1. The summed E-state index contributed by atoms with van der Waals surface area (Å²) in [5.41, 5.74) is 4.45. The molecule has 3 heterocycles. The molecule has 2 aromatic carbocycles. The van der Waals surface area contributed by atoms with Gasteiger partial charge in [-0.3, -0.25) is 4.90 Å². The molecule has 2 aliphatic heterocycles. The highest BCUT2D eigenvalue weighted by Gasteiger charge is 2.41. The van der Waals surface area contributed by atoms with Gasteiger partial charge in [-0.2, -0.15) is 0 Å². The van der Waals surface area contributed by atoms with Crippen LogP contribution in [0.4, 0.5) is 8.78 Å². The highest BCUT2D eigenvalue weighted by Crippen LogP contribution is 2.40.